The monoisotopic (exact) mass is 233 g/mol. The van der Waals surface area contributed by atoms with E-state index >= 15 is 0 Å². The van der Waals surface area contributed by atoms with Crippen LogP contribution in [-0.2, 0) is 0 Å². The molecule has 1 saturated carbocycles. The van der Waals surface area contributed by atoms with Crippen LogP contribution < -0.4 is 11.1 Å². The van der Waals surface area contributed by atoms with Crippen LogP contribution in [-0.4, -0.2) is 11.0 Å². The molecule has 1 aromatic rings. The van der Waals surface area contributed by atoms with Crippen LogP contribution in [0.25, 0.3) is 0 Å². The van der Waals surface area contributed by atoms with E-state index in [1.54, 1.807) is 0 Å². The zero-order chi connectivity index (χ0) is 12.4. The Labute approximate surface area is 104 Å². The number of hydrogen-bond acceptors (Lipinski definition) is 3. The smallest absolute Gasteiger partial charge is 0.149 e. The molecule has 1 aromatic heterocycles. The minimum Gasteiger partial charge on any atom is -0.396 e. The van der Waals surface area contributed by atoms with Gasteiger partial charge in [0.2, 0.25) is 0 Å². The molecule has 0 saturated heterocycles. The van der Waals surface area contributed by atoms with Gasteiger partial charge < -0.3 is 11.1 Å². The van der Waals surface area contributed by atoms with Gasteiger partial charge >= 0.3 is 0 Å². The molecule has 0 radical (unpaired) electrons. The summed E-state index contributed by atoms with van der Waals surface area (Å²) in [6.45, 7) is 6.62. The van der Waals surface area contributed by atoms with E-state index < -0.39 is 0 Å². The number of pyridine rings is 1. The zero-order valence-electron chi connectivity index (χ0n) is 11.0. The first-order chi connectivity index (χ1) is 8.11. The van der Waals surface area contributed by atoms with E-state index in [1.807, 2.05) is 19.1 Å². The Hall–Kier alpha value is -1.25. The van der Waals surface area contributed by atoms with Crippen molar-refractivity contribution in [3.05, 3.63) is 17.8 Å². The maximum Gasteiger partial charge on any atom is 0.149 e. The van der Waals surface area contributed by atoms with Crippen molar-refractivity contribution in [2.24, 2.45) is 11.8 Å². The fraction of sp³-hybridized carbons (Fsp3) is 0.643. The van der Waals surface area contributed by atoms with Gasteiger partial charge in [-0.3, -0.25) is 0 Å². The normalized spacial score (nSPS) is 28.3. The van der Waals surface area contributed by atoms with E-state index in [4.69, 9.17) is 5.73 Å². The van der Waals surface area contributed by atoms with Crippen LogP contribution in [0.4, 0.5) is 11.5 Å². The number of aromatic nitrogens is 1. The van der Waals surface area contributed by atoms with Crippen LogP contribution in [0, 0.1) is 18.8 Å². The predicted octanol–water partition coefficient (Wildman–Crippen LogP) is 3.21. The van der Waals surface area contributed by atoms with E-state index in [0.29, 0.717) is 12.0 Å². The molecule has 1 heterocycles. The molecule has 3 atom stereocenters. The molecule has 3 unspecified atom stereocenters. The lowest BCUT2D eigenvalue weighted by Crippen LogP contribution is -2.25. The minimum absolute atomic E-state index is 0.525. The third kappa shape index (κ3) is 2.54. The molecule has 3 nitrogen and oxygen atoms in total. The predicted molar refractivity (Wildman–Crippen MR) is 73.0 cm³/mol. The standard InChI is InChI=1S/C14H23N3/c1-4-11-6-8-13(10(11)3)17-14-12(15)7-5-9(2)16-14/h5,7,10-11,13H,4,6,8,15H2,1-3H3,(H,16,17). The molecule has 94 valence electrons. The maximum absolute atomic E-state index is 5.96. The Balaban J connectivity index is 2.09. The van der Waals surface area contributed by atoms with Crippen LogP contribution in [0.15, 0.2) is 12.1 Å². The molecule has 0 spiro atoms. The number of nitrogens with zero attached hydrogens (tertiary/aromatic N) is 1. The SMILES string of the molecule is CCC1CCC(Nc2nc(C)ccc2N)C1C. The van der Waals surface area contributed by atoms with Crippen LogP contribution in [0.1, 0.15) is 38.8 Å². The molecule has 3 N–H and O–H groups in total. The summed E-state index contributed by atoms with van der Waals surface area (Å²) in [5.41, 5.74) is 7.72. The largest absolute Gasteiger partial charge is 0.396 e. The summed E-state index contributed by atoms with van der Waals surface area (Å²) in [6.07, 6.45) is 3.83. The van der Waals surface area contributed by atoms with Crippen molar-refractivity contribution in [1.29, 1.82) is 0 Å². The first kappa shape index (κ1) is 12.2. The highest BCUT2D eigenvalue weighted by molar-refractivity contribution is 5.61. The number of nitrogens with one attached hydrogen (secondary N) is 1. The highest BCUT2D eigenvalue weighted by atomic mass is 15.0. The third-order valence-electron chi connectivity index (χ3n) is 4.14. The molecule has 0 amide bonds. The minimum atomic E-state index is 0.525. The molecule has 3 heteroatoms. The van der Waals surface area contributed by atoms with Gasteiger partial charge in [-0.2, -0.15) is 0 Å². The van der Waals surface area contributed by atoms with Gasteiger partial charge in [0.05, 0.1) is 5.69 Å². The second-order valence-corrected chi connectivity index (χ2v) is 5.25. The number of nitrogens with two attached hydrogens (primary N) is 1. The van der Waals surface area contributed by atoms with Gasteiger partial charge in [0.15, 0.2) is 0 Å². The zero-order valence-corrected chi connectivity index (χ0v) is 11.0. The van der Waals surface area contributed by atoms with E-state index in [1.165, 1.54) is 19.3 Å². The molecular weight excluding hydrogens is 210 g/mol. The van der Waals surface area contributed by atoms with Gasteiger partial charge in [-0.25, -0.2) is 4.98 Å². The van der Waals surface area contributed by atoms with Crippen LogP contribution in [0.3, 0.4) is 0 Å². The van der Waals surface area contributed by atoms with E-state index in [2.05, 4.69) is 24.1 Å². The summed E-state index contributed by atoms with van der Waals surface area (Å²) in [5, 5.41) is 3.53. The maximum atomic E-state index is 5.96. The van der Waals surface area contributed by atoms with Gasteiger partial charge in [-0.1, -0.05) is 20.3 Å². The van der Waals surface area contributed by atoms with Crippen molar-refractivity contribution in [2.75, 3.05) is 11.1 Å². The fourth-order valence-corrected chi connectivity index (χ4v) is 2.89. The molecule has 17 heavy (non-hydrogen) atoms. The van der Waals surface area contributed by atoms with Crippen molar-refractivity contribution >= 4 is 11.5 Å². The molecule has 1 aliphatic rings. The summed E-state index contributed by atoms with van der Waals surface area (Å²) in [5.74, 6) is 2.42. The Morgan fingerprint density at radius 3 is 2.82 bits per heavy atom. The Morgan fingerprint density at radius 2 is 2.18 bits per heavy atom. The summed E-state index contributed by atoms with van der Waals surface area (Å²) in [7, 11) is 0. The number of anilines is 2. The quantitative estimate of drug-likeness (QED) is 0.843. The second kappa shape index (κ2) is 4.94. The first-order valence-electron chi connectivity index (χ1n) is 6.61. The molecular formula is C14H23N3. The number of aryl methyl sites for hydroxylation is 1. The third-order valence-corrected chi connectivity index (χ3v) is 4.14. The lowest BCUT2D eigenvalue weighted by atomic mass is 9.93. The lowest BCUT2D eigenvalue weighted by Gasteiger charge is -2.22. The topological polar surface area (TPSA) is 50.9 Å². The molecule has 1 fully saturated rings. The summed E-state index contributed by atoms with van der Waals surface area (Å²) < 4.78 is 0. The average molecular weight is 233 g/mol. The van der Waals surface area contributed by atoms with Crippen molar-refractivity contribution in [2.45, 2.75) is 46.1 Å². The van der Waals surface area contributed by atoms with Gasteiger partial charge in [-0.05, 0) is 43.7 Å². The highest BCUT2D eigenvalue weighted by Crippen LogP contribution is 2.36. The van der Waals surface area contributed by atoms with Crippen molar-refractivity contribution < 1.29 is 0 Å². The Bertz CT molecular complexity index is 389. The van der Waals surface area contributed by atoms with E-state index in [9.17, 15) is 0 Å². The van der Waals surface area contributed by atoms with Gasteiger partial charge in [0, 0.05) is 11.7 Å². The van der Waals surface area contributed by atoms with E-state index in [-0.39, 0.29) is 0 Å². The average Bonchev–Trinajstić information content (AvgIpc) is 2.65. The van der Waals surface area contributed by atoms with Crippen molar-refractivity contribution in [3.63, 3.8) is 0 Å². The molecule has 1 aliphatic carbocycles. The highest BCUT2D eigenvalue weighted by Gasteiger charge is 2.31. The van der Waals surface area contributed by atoms with E-state index in [0.717, 1.165) is 23.1 Å². The second-order valence-electron chi connectivity index (χ2n) is 5.25. The summed E-state index contributed by atoms with van der Waals surface area (Å²) >= 11 is 0. The Kier molecular flexibility index (Phi) is 3.55. The van der Waals surface area contributed by atoms with Crippen molar-refractivity contribution in [3.8, 4) is 0 Å². The molecule has 0 aliphatic heterocycles. The van der Waals surface area contributed by atoms with Crippen LogP contribution in [0.2, 0.25) is 0 Å². The van der Waals surface area contributed by atoms with Gasteiger partial charge in [-0.15, -0.1) is 0 Å². The number of rotatable bonds is 3. The van der Waals surface area contributed by atoms with Gasteiger partial charge in [0.25, 0.3) is 0 Å². The number of nitrogen functional groups attached to an aromatic ring is 1. The fourth-order valence-electron chi connectivity index (χ4n) is 2.89. The summed E-state index contributed by atoms with van der Waals surface area (Å²) in [4.78, 5) is 4.49. The van der Waals surface area contributed by atoms with Crippen LogP contribution in [0.5, 0.6) is 0 Å². The van der Waals surface area contributed by atoms with Crippen molar-refractivity contribution in [1.82, 2.24) is 4.98 Å². The lowest BCUT2D eigenvalue weighted by molar-refractivity contribution is 0.391. The molecule has 0 aromatic carbocycles. The number of hydrogen-bond donors (Lipinski definition) is 2. The van der Waals surface area contributed by atoms with Crippen LogP contribution >= 0.6 is 0 Å². The first-order valence-corrected chi connectivity index (χ1v) is 6.61. The molecule has 0 bridgehead atoms. The summed E-state index contributed by atoms with van der Waals surface area (Å²) in [6, 6.07) is 4.41. The molecule has 2 rings (SSSR count). The van der Waals surface area contributed by atoms with Gasteiger partial charge in [0.1, 0.15) is 5.82 Å². The Morgan fingerprint density at radius 1 is 1.41 bits per heavy atom.